The van der Waals surface area contributed by atoms with Crippen LogP contribution in [0.1, 0.15) is 11.1 Å². The number of hydrogen-bond donors (Lipinski definition) is 2. The molecule has 0 aromatic heterocycles. The average molecular weight is 223 g/mol. The van der Waals surface area contributed by atoms with Crippen molar-refractivity contribution in [2.75, 3.05) is 6.61 Å². The molecule has 0 radical (unpaired) electrons. The highest BCUT2D eigenvalue weighted by molar-refractivity contribution is 5.77. The molecule has 0 aliphatic heterocycles. The van der Waals surface area contributed by atoms with Crippen LogP contribution in [0, 0.1) is 6.92 Å². The Morgan fingerprint density at radius 3 is 2.50 bits per heavy atom. The minimum absolute atomic E-state index is 0.167. The van der Waals surface area contributed by atoms with Crippen molar-refractivity contribution >= 4 is 11.9 Å². The van der Waals surface area contributed by atoms with E-state index in [2.05, 4.69) is 10.3 Å². The standard InChI is InChI=1S/C11H13NO4/c1-8-2-4-9(5-3-8)6-10(13)12-16-7-11(14)15/h2-5H,6-7H2,1H3,(H,12,13)(H,14,15). The van der Waals surface area contributed by atoms with E-state index in [1.165, 1.54) is 0 Å². The van der Waals surface area contributed by atoms with Crippen LogP contribution >= 0.6 is 0 Å². The number of benzene rings is 1. The van der Waals surface area contributed by atoms with E-state index in [4.69, 9.17) is 5.11 Å². The molecule has 0 aliphatic rings. The predicted octanol–water partition coefficient (Wildman–Crippen LogP) is 0.670. The van der Waals surface area contributed by atoms with E-state index < -0.39 is 12.6 Å². The van der Waals surface area contributed by atoms with Gasteiger partial charge in [-0.3, -0.25) is 9.63 Å². The molecule has 86 valence electrons. The maximum absolute atomic E-state index is 11.2. The largest absolute Gasteiger partial charge is 0.479 e. The fourth-order valence-corrected chi connectivity index (χ4v) is 1.11. The molecular formula is C11H13NO4. The normalized spacial score (nSPS) is 9.81. The lowest BCUT2D eigenvalue weighted by Gasteiger charge is -2.04. The Labute approximate surface area is 93.0 Å². The summed E-state index contributed by atoms with van der Waals surface area (Å²) in [6.07, 6.45) is 0.167. The number of aryl methyl sites for hydroxylation is 1. The predicted molar refractivity (Wildman–Crippen MR) is 56.6 cm³/mol. The van der Waals surface area contributed by atoms with Crippen molar-refractivity contribution in [1.82, 2.24) is 5.48 Å². The van der Waals surface area contributed by atoms with Crippen LogP contribution in [0.3, 0.4) is 0 Å². The third kappa shape index (κ3) is 4.56. The Balaban J connectivity index is 2.34. The second-order valence-electron chi connectivity index (χ2n) is 3.37. The minimum atomic E-state index is -1.13. The van der Waals surface area contributed by atoms with Gasteiger partial charge in [0.15, 0.2) is 6.61 Å². The van der Waals surface area contributed by atoms with Gasteiger partial charge in [-0.1, -0.05) is 29.8 Å². The van der Waals surface area contributed by atoms with Crippen LogP contribution in [0.5, 0.6) is 0 Å². The fourth-order valence-electron chi connectivity index (χ4n) is 1.11. The van der Waals surface area contributed by atoms with Crippen molar-refractivity contribution in [1.29, 1.82) is 0 Å². The van der Waals surface area contributed by atoms with E-state index >= 15 is 0 Å². The van der Waals surface area contributed by atoms with E-state index in [0.29, 0.717) is 0 Å². The van der Waals surface area contributed by atoms with Gasteiger partial charge in [0.2, 0.25) is 5.91 Å². The Hall–Kier alpha value is -1.88. The Morgan fingerprint density at radius 1 is 1.31 bits per heavy atom. The number of carboxylic acids is 1. The molecular weight excluding hydrogens is 210 g/mol. The number of carboxylic acid groups (broad SMARTS) is 1. The fraction of sp³-hybridized carbons (Fsp3) is 0.273. The van der Waals surface area contributed by atoms with Crippen LogP contribution in [0.25, 0.3) is 0 Å². The van der Waals surface area contributed by atoms with Crippen LogP contribution in [0.2, 0.25) is 0 Å². The smallest absolute Gasteiger partial charge is 0.332 e. The molecule has 0 unspecified atom stereocenters. The topological polar surface area (TPSA) is 75.6 Å². The van der Waals surface area contributed by atoms with Crippen LogP contribution in [0.15, 0.2) is 24.3 Å². The highest BCUT2D eigenvalue weighted by atomic mass is 16.7. The molecule has 5 heteroatoms. The van der Waals surface area contributed by atoms with Crippen LogP contribution in [-0.4, -0.2) is 23.6 Å². The van der Waals surface area contributed by atoms with Crippen molar-refractivity contribution in [2.45, 2.75) is 13.3 Å². The number of rotatable bonds is 5. The molecule has 16 heavy (non-hydrogen) atoms. The number of hydroxylamine groups is 1. The zero-order chi connectivity index (χ0) is 12.0. The molecule has 0 atom stereocenters. The first-order chi connectivity index (χ1) is 7.58. The van der Waals surface area contributed by atoms with Gasteiger partial charge in [-0.2, -0.15) is 0 Å². The molecule has 1 aromatic carbocycles. The summed E-state index contributed by atoms with van der Waals surface area (Å²) in [5, 5.41) is 8.27. The van der Waals surface area contributed by atoms with Crippen LogP contribution in [-0.2, 0) is 20.8 Å². The lowest BCUT2D eigenvalue weighted by Crippen LogP contribution is -2.27. The maximum Gasteiger partial charge on any atom is 0.332 e. The summed E-state index contributed by atoms with van der Waals surface area (Å²) < 4.78 is 0. The quantitative estimate of drug-likeness (QED) is 0.719. The average Bonchev–Trinajstić information content (AvgIpc) is 2.21. The Bertz CT molecular complexity index is 372. The molecule has 0 bridgehead atoms. The molecule has 0 spiro atoms. The van der Waals surface area contributed by atoms with Gasteiger partial charge in [-0.15, -0.1) is 0 Å². The first kappa shape index (κ1) is 12.2. The van der Waals surface area contributed by atoms with Gasteiger partial charge in [0.05, 0.1) is 6.42 Å². The third-order valence-electron chi connectivity index (χ3n) is 1.87. The minimum Gasteiger partial charge on any atom is -0.479 e. The summed E-state index contributed by atoms with van der Waals surface area (Å²) in [6.45, 7) is 1.42. The first-order valence-corrected chi connectivity index (χ1v) is 4.76. The summed E-state index contributed by atoms with van der Waals surface area (Å²) >= 11 is 0. The van der Waals surface area contributed by atoms with Gasteiger partial charge < -0.3 is 5.11 Å². The number of aliphatic carboxylic acids is 1. The van der Waals surface area contributed by atoms with Gasteiger partial charge in [0.25, 0.3) is 0 Å². The molecule has 2 N–H and O–H groups in total. The van der Waals surface area contributed by atoms with Gasteiger partial charge >= 0.3 is 5.97 Å². The van der Waals surface area contributed by atoms with Gasteiger partial charge in [0.1, 0.15) is 0 Å². The number of carbonyl (C=O) groups excluding carboxylic acids is 1. The lowest BCUT2D eigenvalue weighted by molar-refractivity contribution is -0.149. The van der Waals surface area contributed by atoms with Gasteiger partial charge in [-0.05, 0) is 12.5 Å². The van der Waals surface area contributed by atoms with Crippen LogP contribution < -0.4 is 5.48 Å². The number of carbonyl (C=O) groups is 2. The molecule has 5 nitrogen and oxygen atoms in total. The first-order valence-electron chi connectivity index (χ1n) is 4.76. The van der Waals surface area contributed by atoms with Crippen molar-refractivity contribution in [2.24, 2.45) is 0 Å². The third-order valence-corrected chi connectivity index (χ3v) is 1.87. The van der Waals surface area contributed by atoms with E-state index in [9.17, 15) is 9.59 Å². The monoisotopic (exact) mass is 223 g/mol. The summed E-state index contributed by atoms with van der Waals surface area (Å²) in [7, 11) is 0. The second kappa shape index (κ2) is 5.87. The highest BCUT2D eigenvalue weighted by Crippen LogP contribution is 2.03. The lowest BCUT2D eigenvalue weighted by atomic mass is 10.1. The van der Waals surface area contributed by atoms with Gasteiger partial charge in [-0.25, -0.2) is 10.3 Å². The van der Waals surface area contributed by atoms with E-state index in [0.717, 1.165) is 11.1 Å². The molecule has 0 saturated heterocycles. The Morgan fingerprint density at radius 2 is 1.94 bits per heavy atom. The van der Waals surface area contributed by atoms with Crippen molar-refractivity contribution in [3.63, 3.8) is 0 Å². The second-order valence-corrected chi connectivity index (χ2v) is 3.37. The molecule has 0 saturated carbocycles. The summed E-state index contributed by atoms with van der Waals surface area (Å²) in [6, 6.07) is 7.49. The number of hydrogen-bond acceptors (Lipinski definition) is 3. The van der Waals surface area contributed by atoms with Crippen LogP contribution in [0.4, 0.5) is 0 Å². The SMILES string of the molecule is Cc1ccc(CC(=O)NOCC(=O)O)cc1. The zero-order valence-electron chi connectivity index (χ0n) is 8.90. The number of nitrogens with one attached hydrogen (secondary N) is 1. The van der Waals surface area contributed by atoms with Gasteiger partial charge in [0, 0.05) is 0 Å². The van der Waals surface area contributed by atoms with E-state index in [1.54, 1.807) is 0 Å². The zero-order valence-corrected chi connectivity index (χ0v) is 8.90. The maximum atomic E-state index is 11.2. The molecule has 1 aromatic rings. The Kier molecular flexibility index (Phi) is 4.47. The molecule has 1 rings (SSSR count). The van der Waals surface area contributed by atoms with E-state index in [-0.39, 0.29) is 12.3 Å². The number of amides is 1. The summed E-state index contributed by atoms with van der Waals surface area (Å²) in [4.78, 5) is 25.8. The van der Waals surface area contributed by atoms with Crippen molar-refractivity contribution in [3.05, 3.63) is 35.4 Å². The molecule has 0 heterocycles. The van der Waals surface area contributed by atoms with Crippen molar-refractivity contribution < 1.29 is 19.5 Å². The molecule has 0 aliphatic carbocycles. The highest BCUT2D eigenvalue weighted by Gasteiger charge is 2.04. The summed E-state index contributed by atoms with van der Waals surface area (Å²) in [5.41, 5.74) is 4.02. The molecule has 0 fully saturated rings. The van der Waals surface area contributed by atoms with Crippen molar-refractivity contribution in [3.8, 4) is 0 Å². The molecule has 1 amide bonds. The summed E-state index contributed by atoms with van der Waals surface area (Å²) in [5.74, 6) is -1.50. The van der Waals surface area contributed by atoms with E-state index in [1.807, 2.05) is 31.2 Å².